The lowest BCUT2D eigenvalue weighted by Crippen LogP contribution is -2.11. The maximum Gasteiger partial charge on any atom is 0.387 e. The minimum atomic E-state index is -3.05. The molecule has 7 heteroatoms. The van der Waals surface area contributed by atoms with E-state index >= 15 is 0 Å². The second-order valence-corrected chi connectivity index (χ2v) is 3.75. The molecule has 0 saturated carbocycles. The third-order valence-corrected chi connectivity index (χ3v) is 2.59. The summed E-state index contributed by atoms with van der Waals surface area (Å²) in [5.74, 6) is -0.884. The van der Waals surface area contributed by atoms with Crippen molar-refractivity contribution in [3.05, 3.63) is 28.3 Å². The van der Waals surface area contributed by atoms with Gasteiger partial charge in [0.05, 0.1) is 23.6 Å². The van der Waals surface area contributed by atoms with Gasteiger partial charge in [-0.05, 0) is 19.1 Å². The average molecular weight is 290 g/mol. The van der Waals surface area contributed by atoms with E-state index in [1.807, 2.05) is 0 Å². The van der Waals surface area contributed by atoms with Crippen LogP contribution in [0.3, 0.4) is 0 Å². The van der Waals surface area contributed by atoms with Gasteiger partial charge in [-0.3, -0.25) is 4.79 Å². The van der Waals surface area contributed by atoms with E-state index < -0.39 is 12.6 Å². The van der Waals surface area contributed by atoms with Gasteiger partial charge in [0.2, 0.25) is 0 Å². The summed E-state index contributed by atoms with van der Waals surface area (Å²) in [6.45, 7) is -1.29. The summed E-state index contributed by atoms with van der Waals surface area (Å²) in [5, 5.41) is 8.72. The zero-order chi connectivity index (χ0) is 14.4. The van der Waals surface area contributed by atoms with Gasteiger partial charge in [0.15, 0.2) is 0 Å². The quantitative estimate of drug-likeness (QED) is 0.782. The van der Waals surface area contributed by atoms with Crippen LogP contribution < -0.4 is 4.74 Å². The molecule has 0 bridgehead atoms. The van der Waals surface area contributed by atoms with E-state index in [1.165, 1.54) is 12.1 Å². The molecule has 0 aliphatic heterocycles. The van der Waals surface area contributed by atoms with Gasteiger partial charge in [-0.1, -0.05) is 11.6 Å². The van der Waals surface area contributed by atoms with E-state index in [0.717, 1.165) is 0 Å². The van der Waals surface area contributed by atoms with Crippen LogP contribution >= 0.6 is 11.6 Å². The van der Waals surface area contributed by atoms with E-state index in [0.29, 0.717) is 0 Å². The van der Waals surface area contributed by atoms with Crippen molar-refractivity contribution < 1.29 is 23.0 Å². The van der Waals surface area contributed by atoms with Gasteiger partial charge in [-0.15, -0.1) is 0 Å². The predicted octanol–water partition coefficient (Wildman–Crippen LogP) is 2.92. The van der Waals surface area contributed by atoms with Crippen molar-refractivity contribution in [3.8, 4) is 11.8 Å². The number of carbonyl (C=O) groups excluding carboxylic acids is 1. The van der Waals surface area contributed by atoms with E-state index in [4.69, 9.17) is 21.6 Å². The van der Waals surface area contributed by atoms with Gasteiger partial charge < -0.3 is 9.47 Å². The van der Waals surface area contributed by atoms with Crippen molar-refractivity contribution in [2.24, 2.45) is 0 Å². The molecule has 0 N–H and O–H groups in total. The Bertz CT molecular complexity index is 514. The highest BCUT2D eigenvalue weighted by molar-refractivity contribution is 6.32. The fourth-order valence-electron chi connectivity index (χ4n) is 1.42. The van der Waals surface area contributed by atoms with Crippen LogP contribution in [0.1, 0.15) is 18.1 Å². The Morgan fingerprint density at radius 2 is 2.21 bits per heavy atom. The van der Waals surface area contributed by atoms with E-state index in [-0.39, 0.29) is 34.9 Å². The first-order valence-electron chi connectivity index (χ1n) is 5.31. The van der Waals surface area contributed by atoms with E-state index in [1.54, 1.807) is 13.0 Å². The molecule has 0 saturated heterocycles. The van der Waals surface area contributed by atoms with Crippen LogP contribution in [-0.4, -0.2) is 19.2 Å². The largest absolute Gasteiger partial charge is 0.466 e. The lowest BCUT2D eigenvalue weighted by atomic mass is 10.1. The number of carbonyl (C=O) groups is 1. The molecular formula is C12H10ClF2NO3. The SMILES string of the molecule is CCOC(=O)Cc1c(OC(F)F)ccc(C#N)c1Cl. The first-order valence-corrected chi connectivity index (χ1v) is 5.69. The smallest absolute Gasteiger partial charge is 0.387 e. The zero-order valence-corrected chi connectivity index (χ0v) is 10.7. The van der Waals surface area contributed by atoms with Crippen LogP contribution in [0.25, 0.3) is 0 Å². The maximum absolute atomic E-state index is 12.3. The number of nitrogens with zero attached hydrogens (tertiary/aromatic N) is 1. The molecule has 1 aromatic rings. The van der Waals surface area contributed by atoms with E-state index in [2.05, 4.69) is 4.74 Å². The normalized spacial score (nSPS) is 10.1. The Kier molecular flexibility index (Phi) is 5.52. The van der Waals surface area contributed by atoms with Crippen molar-refractivity contribution >= 4 is 17.6 Å². The van der Waals surface area contributed by atoms with Crippen molar-refractivity contribution in [2.45, 2.75) is 20.0 Å². The molecule has 0 amide bonds. The van der Waals surface area contributed by atoms with Crippen molar-refractivity contribution in [1.82, 2.24) is 0 Å². The molecule has 0 atom stereocenters. The van der Waals surface area contributed by atoms with Crippen molar-refractivity contribution in [1.29, 1.82) is 5.26 Å². The van der Waals surface area contributed by atoms with Crippen molar-refractivity contribution in [3.63, 3.8) is 0 Å². The Hall–Kier alpha value is -1.87. The Labute approximate surface area is 113 Å². The van der Waals surface area contributed by atoms with Gasteiger partial charge in [0, 0.05) is 5.56 Å². The summed E-state index contributed by atoms with van der Waals surface area (Å²) in [5.41, 5.74) is 0.0852. The highest BCUT2D eigenvalue weighted by Crippen LogP contribution is 2.31. The second kappa shape index (κ2) is 6.90. The second-order valence-electron chi connectivity index (χ2n) is 3.38. The number of hydrogen-bond acceptors (Lipinski definition) is 4. The highest BCUT2D eigenvalue weighted by Gasteiger charge is 2.19. The van der Waals surface area contributed by atoms with Gasteiger partial charge in [0.1, 0.15) is 11.8 Å². The van der Waals surface area contributed by atoms with E-state index in [9.17, 15) is 13.6 Å². The number of ether oxygens (including phenoxy) is 2. The van der Waals surface area contributed by atoms with Crippen LogP contribution in [0.15, 0.2) is 12.1 Å². The van der Waals surface area contributed by atoms with Gasteiger partial charge in [0.25, 0.3) is 0 Å². The molecule has 1 rings (SSSR count). The number of rotatable bonds is 5. The van der Waals surface area contributed by atoms with Gasteiger partial charge >= 0.3 is 12.6 Å². The number of esters is 1. The molecular weight excluding hydrogens is 280 g/mol. The third-order valence-electron chi connectivity index (χ3n) is 2.16. The molecule has 0 aliphatic carbocycles. The molecule has 102 valence electrons. The lowest BCUT2D eigenvalue weighted by molar-refractivity contribution is -0.142. The molecule has 0 spiro atoms. The fraction of sp³-hybridized carbons (Fsp3) is 0.333. The summed E-state index contributed by atoms with van der Waals surface area (Å²) in [6, 6.07) is 4.21. The van der Waals surface area contributed by atoms with Crippen LogP contribution in [0.4, 0.5) is 8.78 Å². The molecule has 0 unspecified atom stereocenters. The minimum absolute atomic E-state index is 0.0134. The standard InChI is InChI=1S/C12H10ClF2NO3/c1-2-18-10(17)5-8-9(19-12(14)15)4-3-7(6-16)11(8)13/h3-4,12H,2,5H2,1H3. The Balaban J connectivity index is 3.15. The molecule has 0 heterocycles. The van der Waals surface area contributed by atoms with Gasteiger partial charge in [-0.25, -0.2) is 0 Å². The van der Waals surface area contributed by atoms with Gasteiger partial charge in [-0.2, -0.15) is 14.0 Å². The molecule has 4 nitrogen and oxygen atoms in total. The summed E-state index contributed by atoms with van der Waals surface area (Å²) in [6.07, 6.45) is -0.343. The monoisotopic (exact) mass is 289 g/mol. The topological polar surface area (TPSA) is 59.3 Å². The van der Waals surface area contributed by atoms with Crippen molar-refractivity contribution in [2.75, 3.05) is 6.61 Å². The molecule has 19 heavy (non-hydrogen) atoms. The maximum atomic E-state index is 12.3. The molecule has 0 radical (unpaired) electrons. The summed E-state index contributed by atoms with van der Waals surface area (Å²) < 4.78 is 33.5. The number of nitriles is 1. The zero-order valence-electron chi connectivity index (χ0n) is 9.95. The summed E-state index contributed by atoms with van der Waals surface area (Å²) in [7, 11) is 0. The molecule has 0 aromatic heterocycles. The Morgan fingerprint density at radius 3 is 2.74 bits per heavy atom. The third kappa shape index (κ3) is 4.07. The number of benzene rings is 1. The summed E-state index contributed by atoms with van der Waals surface area (Å²) >= 11 is 5.89. The number of halogens is 3. The fourth-order valence-corrected chi connectivity index (χ4v) is 1.68. The first kappa shape index (κ1) is 15.2. The average Bonchev–Trinajstić information content (AvgIpc) is 2.34. The van der Waals surface area contributed by atoms with Crippen LogP contribution in [0.2, 0.25) is 5.02 Å². The van der Waals surface area contributed by atoms with Crippen LogP contribution in [-0.2, 0) is 16.0 Å². The number of alkyl halides is 2. The lowest BCUT2D eigenvalue weighted by Gasteiger charge is -2.12. The number of hydrogen-bond donors (Lipinski definition) is 0. The van der Waals surface area contributed by atoms with Crippen LogP contribution in [0.5, 0.6) is 5.75 Å². The molecule has 0 fully saturated rings. The van der Waals surface area contributed by atoms with Crippen LogP contribution in [0, 0.1) is 11.3 Å². The molecule has 0 aliphatic rings. The first-order chi connectivity index (χ1) is 8.99. The molecule has 1 aromatic carbocycles. The summed E-state index contributed by atoms with van der Waals surface area (Å²) in [4.78, 5) is 11.4. The highest BCUT2D eigenvalue weighted by atomic mass is 35.5. The Morgan fingerprint density at radius 1 is 1.53 bits per heavy atom. The predicted molar refractivity (Wildman–Crippen MR) is 63.1 cm³/mol. The minimum Gasteiger partial charge on any atom is -0.466 e.